The molecule has 0 radical (unpaired) electrons. The van der Waals surface area contributed by atoms with Crippen molar-refractivity contribution < 1.29 is 27.1 Å². The third-order valence-electron chi connectivity index (χ3n) is 3.19. The topological polar surface area (TPSA) is 50.4 Å². The number of halogens is 5. The van der Waals surface area contributed by atoms with Gasteiger partial charge in [-0.15, -0.1) is 13.2 Å². The summed E-state index contributed by atoms with van der Waals surface area (Å²) in [6.07, 6.45) is -4.77. The highest BCUT2D eigenvalue weighted by molar-refractivity contribution is 7.98. The summed E-state index contributed by atoms with van der Waals surface area (Å²) in [5, 5.41) is 5.43. The summed E-state index contributed by atoms with van der Waals surface area (Å²) in [4.78, 5) is 11.7. The van der Waals surface area contributed by atoms with Crippen LogP contribution >= 0.6 is 23.4 Å². The van der Waals surface area contributed by atoms with Crippen LogP contribution in [0.3, 0.4) is 0 Å². The summed E-state index contributed by atoms with van der Waals surface area (Å²) in [5.74, 6) is 0.140. The lowest BCUT2D eigenvalue weighted by molar-refractivity contribution is -0.274. The molecule has 0 bridgehead atoms. The standard InChI is InChI=1S/C17H15ClF4N2O2S/c18-14-2-1-3-15(19)13(14)10-27-9-8-23-16(25)24-11-4-6-12(7-5-11)26-17(20,21)22/h1-7H,8-10H2,(H2,23,24,25). The van der Waals surface area contributed by atoms with Gasteiger partial charge in [-0.2, -0.15) is 11.8 Å². The number of carbonyl (C=O) groups excluding carboxylic acids is 1. The number of ether oxygens (including phenoxy) is 1. The number of nitrogens with one attached hydrogen (secondary N) is 2. The quantitative estimate of drug-likeness (QED) is 0.462. The molecule has 0 unspecified atom stereocenters. The average Bonchev–Trinajstić information content (AvgIpc) is 2.57. The number of benzene rings is 2. The number of anilines is 1. The van der Waals surface area contributed by atoms with Crippen LogP contribution in [0.4, 0.5) is 28.0 Å². The second kappa shape index (κ2) is 9.70. The molecule has 0 aliphatic heterocycles. The molecule has 0 spiro atoms. The van der Waals surface area contributed by atoms with Crippen molar-refractivity contribution in [2.24, 2.45) is 0 Å². The lowest BCUT2D eigenvalue weighted by atomic mass is 10.2. The van der Waals surface area contributed by atoms with Gasteiger partial charge in [0, 0.05) is 34.3 Å². The number of alkyl halides is 3. The molecule has 2 amide bonds. The first-order chi connectivity index (χ1) is 12.7. The van der Waals surface area contributed by atoms with Crippen LogP contribution in [0, 0.1) is 5.82 Å². The van der Waals surface area contributed by atoms with Crippen molar-refractivity contribution in [2.75, 3.05) is 17.6 Å². The molecule has 10 heteroatoms. The molecule has 2 rings (SSSR count). The smallest absolute Gasteiger partial charge is 0.406 e. The highest BCUT2D eigenvalue weighted by Crippen LogP contribution is 2.24. The van der Waals surface area contributed by atoms with Gasteiger partial charge >= 0.3 is 12.4 Å². The summed E-state index contributed by atoms with van der Waals surface area (Å²) < 4.78 is 53.6. The second-order valence-corrected chi connectivity index (χ2v) is 6.72. The fourth-order valence-electron chi connectivity index (χ4n) is 2.00. The molecule has 27 heavy (non-hydrogen) atoms. The molecule has 0 aliphatic carbocycles. The minimum absolute atomic E-state index is 0.313. The van der Waals surface area contributed by atoms with Gasteiger partial charge in [-0.25, -0.2) is 9.18 Å². The maximum Gasteiger partial charge on any atom is 0.573 e. The zero-order valence-corrected chi connectivity index (χ0v) is 15.3. The largest absolute Gasteiger partial charge is 0.573 e. The summed E-state index contributed by atoms with van der Waals surface area (Å²) in [6.45, 7) is 0.317. The van der Waals surface area contributed by atoms with E-state index in [2.05, 4.69) is 15.4 Å². The zero-order chi connectivity index (χ0) is 19.9. The summed E-state index contributed by atoms with van der Waals surface area (Å²) in [5.41, 5.74) is 0.725. The van der Waals surface area contributed by atoms with Gasteiger partial charge < -0.3 is 15.4 Å². The Labute approximate surface area is 162 Å². The van der Waals surface area contributed by atoms with Crippen molar-refractivity contribution >= 4 is 35.1 Å². The van der Waals surface area contributed by atoms with Crippen LogP contribution in [0.15, 0.2) is 42.5 Å². The van der Waals surface area contributed by atoms with E-state index in [9.17, 15) is 22.4 Å². The Morgan fingerprint density at radius 2 is 1.85 bits per heavy atom. The first-order valence-electron chi connectivity index (χ1n) is 7.66. The molecule has 0 heterocycles. The van der Waals surface area contributed by atoms with Gasteiger partial charge in [0.05, 0.1) is 0 Å². The molecule has 0 atom stereocenters. The zero-order valence-electron chi connectivity index (χ0n) is 13.8. The first-order valence-corrected chi connectivity index (χ1v) is 9.19. The molecule has 2 aromatic rings. The van der Waals surface area contributed by atoms with Gasteiger partial charge in [0.2, 0.25) is 0 Å². The van der Waals surface area contributed by atoms with Crippen LogP contribution in [0.1, 0.15) is 5.56 Å². The van der Waals surface area contributed by atoms with Gasteiger partial charge in [-0.05, 0) is 36.4 Å². The number of urea groups is 1. The molecule has 0 fully saturated rings. The van der Waals surface area contributed by atoms with Crippen LogP contribution in [0.2, 0.25) is 5.02 Å². The van der Waals surface area contributed by atoms with Crippen molar-refractivity contribution in [3.05, 3.63) is 58.9 Å². The summed E-state index contributed by atoms with van der Waals surface area (Å²) in [6, 6.07) is 8.72. The number of amides is 2. The van der Waals surface area contributed by atoms with Crippen LogP contribution in [0.25, 0.3) is 0 Å². The molecular weight excluding hydrogens is 408 g/mol. The predicted molar refractivity (Wildman–Crippen MR) is 97.7 cm³/mol. The Balaban J connectivity index is 1.69. The van der Waals surface area contributed by atoms with Crippen molar-refractivity contribution in [1.29, 1.82) is 0 Å². The molecule has 4 nitrogen and oxygen atoms in total. The van der Waals surface area contributed by atoms with E-state index in [1.807, 2.05) is 0 Å². The number of rotatable bonds is 7. The monoisotopic (exact) mass is 422 g/mol. The Morgan fingerprint density at radius 1 is 1.15 bits per heavy atom. The third kappa shape index (κ3) is 7.56. The molecular formula is C17H15ClF4N2O2S. The molecule has 2 aromatic carbocycles. The van der Waals surface area contributed by atoms with Crippen LogP contribution in [-0.2, 0) is 5.75 Å². The van der Waals surface area contributed by atoms with E-state index in [-0.39, 0.29) is 11.6 Å². The molecule has 0 saturated carbocycles. The van der Waals surface area contributed by atoms with Gasteiger partial charge in [0.1, 0.15) is 11.6 Å². The van der Waals surface area contributed by atoms with E-state index in [4.69, 9.17) is 11.6 Å². The van der Waals surface area contributed by atoms with Crippen molar-refractivity contribution in [3.63, 3.8) is 0 Å². The highest BCUT2D eigenvalue weighted by Gasteiger charge is 2.30. The molecule has 2 N–H and O–H groups in total. The SMILES string of the molecule is O=C(NCCSCc1c(F)cccc1Cl)Nc1ccc(OC(F)(F)F)cc1. The van der Waals surface area contributed by atoms with Crippen LogP contribution < -0.4 is 15.4 Å². The number of hydrogen-bond acceptors (Lipinski definition) is 3. The van der Waals surface area contributed by atoms with Gasteiger partial charge in [0.25, 0.3) is 0 Å². The average molecular weight is 423 g/mol. The highest BCUT2D eigenvalue weighted by atomic mass is 35.5. The maximum absolute atomic E-state index is 13.6. The van der Waals surface area contributed by atoms with Crippen LogP contribution in [-0.4, -0.2) is 24.7 Å². The fraction of sp³-hybridized carbons (Fsp3) is 0.235. The summed E-state index contributed by atoms with van der Waals surface area (Å²) in [7, 11) is 0. The Kier molecular flexibility index (Phi) is 7.61. The maximum atomic E-state index is 13.6. The number of hydrogen-bond donors (Lipinski definition) is 2. The Bertz CT molecular complexity index is 752. The lowest BCUT2D eigenvalue weighted by Crippen LogP contribution is -2.30. The molecule has 0 aromatic heterocycles. The van der Waals surface area contributed by atoms with Crippen molar-refractivity contribution in [3.8, 4) is 5.75 Å². The van der Waals surface area contributed by atoms with Crippen molar-refractivity contribution in [1.82, 2.24) is 5.32 Å². The van der Waals surface area contributed by atoms with E-state index in [0.29, 0.717) is 34.3 Å². The van der Waals surface area contributed by atoms with Gasteiger partial charge in [0.15, 0.2) is 0 Å². The van der Waals surface area contributed by atoms with E-state index >= 15 is 0 Å². The first kappa shape index (κ1) is 21.2. The minimum Gasteiger partial charge on any atom is -0.406 e. The number of carbonyl (C=O) groups is 1. The van der Waals surface area contributed by atoms with Gasteiger partial charge in [-0.1, -0.05) is 17.7 Å². The fourth-order valence-corrected chi connectivity index (χ4v) is 3.19. The van der Waals surface area contributed by atoms with E-state index in [0.717, 1.165) is 12.1 Å². The molecule has 146 valence electrons. The van der Waals surface area contributed by atoms with Gasteiger partial charge in [-0.3, -0.25) is 0 Å². The second-order valence-electron chi connectivity index (χ2n) is 5.21. The Hall–Kier alpha value is -2.13. The number of thioether (sulfide) groups is 1. The summed E-state index contributed by atoms with van der Waals surface area (Å²) >= 11 is 7.33. The normalized spacial score (nSPS) is 11.1. The molecule has 0 aliphatic rings. The van der Waals surface area contributed by atoms with E-state index in [1.54, 1.807) is 6.07 Å². The minimum atomic E-state index is -4.77. The Morgan fingerprint density at radius 3 is 2.48 bits per heavy atom. The third-order valence-corrected chi connectivity index (χ3v) is 4.53. The lowest BCUT2D eigenvalue weighted by Gasteiger charge is -2.10. The van der Waals surface area contributed by atoms with Crippen LogP contribution in [0.5, 0.6) is 5.75 Å². The molecule has 0 saturated heterocycles. The van der Waals surface area contributed by atoms with Crippen molar-refractivity contribution in [2.45, 2.75) is 12.1 Å². The predicted octanol–water partition coefficient (Wildman–Crippen LogP) is 5.43. The van der Waals surface area contributed by atoms with E-state index in [1.165, 1.54) is 36.0 Å². The van der Waals surface area contributed by atoms with E-state index < -0.39 is 12.4 Å².